The molecule has 0 bridgehead atoms. The molecule has 1 aromatic carbocycles. The number of H-pyrrole nitrogens is 1. The van der Waals surface area contributed by atoms with E-state index in [1.165, 1.54) is 6.20 Å². The molecule has 0 fully saturated rings. The Kier molecular flexibility index (Phi) is 3.53. The Morgan fingerprint density at radius 2 is 2.21 bits per heavy atom. The number of ether oxygens (including phenoxy) is 1. The van der Waals surface area contributed by atoms with Crippen molar-refractivity contribution >= 4 is 22.8 Å². The number of hydrogen-bond acceptors (Lipinski definition) is 3. The van der Waals surface area contributed by atoms with E-state index in [1.54, 1.807) is 25.1 Å². The molecule has 5 nitrogen and oxygen atoms in total. The average Bonchev–Trinajstić information content (AvgIpc) is 2.79. The van der Waals surface area contributed by atoms with E-state index in [0.29, 0.717) is 16.5 Å². The van der Waals surface area contributed by atoms with Crippen molar-refractivity contribution in [3.05, 3.63) is 35.5 Å². The van der Waals surface area contributed by atoms with Gasteiger partial charge < -0.3 is 14.8 Å². The number of esters is 1. The van der Waals surface area contributed by atoms with Crippen molar-refractivity contribution in [3.8, 4) is 11.8 Å². The third-order valence-electron chi connectivity index (χ3n) is 2.50. The summed E-state index contributed by atoms with van der Waals surface area (Å²) < 4.78 is 4.69. The first kappa shape index (κ1) is 12.7. The first-order chi connectivity index (χ1) is 9.11. The molecule has 5 heteroatoms. The van der Waals surface area contributed by atoms with Crippen LogP contribution in [0.15, 0.2) is 24.4 Å². The van der Waals surface area contributed by atoms with Crippen molar-refractivity contribution in [2.75, 3.05) is 6.61 Å². The molecule has 0 aliphatic carbocycles. The van der Waals surface area contributed by atoms with Gasteiger partial charge in [-0.05, 0) is 25.1 Å². The first-order valence-corrected chi connectivity index (χ1v) is 5.65. The van der Waals surface area contributed by atoms with Gasteiger partial charge in [-0.2, -0.15) is 0 Å². The molecular formula is C14H11NO4. The van der Waals surface area contributed by atoms with Gasteiger partial charge in [0.25, 0.3) is 0 Å². The van der Waals surface area contributed by atoms with Crippen LogP contribution in [0.2, 0.25) is 0 Å². The van der Waals surface area contributed by atoms with E-state index in [9.17, 15) is 9.59 Å². The number of benzene rings is 1. The number of fused-ring (bicyclic) bond motifs is 1. The third kappa shape index (κ3) is 2.75. The van der Waals surface area contributed by atoms with E-state index in [4.69, 9.17) is 5.11 Å². The molecule has 1 heterocycles. The van der Waals surface area contributed by atoms with Crippen LogP contribution in [-0.4, -0.2) is 28.6 Å². The fourth-order valence-corrected chi connectivity index (χ4v) is 1.67. The standard InChI is InChI=1S/C14H11NO4/c1-2-19-13(16)6-4-9-3-5-12-10(7-9)11(8-15-12)14(17)18/h3,5,7-8,15H,2H2,1H3,(H,17,18). The minimum absolute atomic E-state index is 0.176. The zero-order valence-corrected chi connectivity index (χ0v) is 10.2. The number of aromatic amines is 1. The van der Waals surface area contributed by atoms with Crippen LogP contribution in [0.4, 0.5) is 0 Å². The number of aromatic carboxylic acids is 1. The maximum absolute atomic E-state index is 11.1. The van der Waals surface area contributed by atoms with Gasteiger partial charge >= 0.3 is 11.9 Å². The summed E-state index contributed by atoms with van der Waals surface area (Å²) in [4.78, 5) is 25.0. The normalized spacial score (nSPS) is 9.74. The second kappa shape index (κ2) is 5.27. The highest BCUT2D eigenvalue weighted by Gasteiger charge is 2.10. The van der Waals surface area contributed by atoms with E-state index >= 15 is 0 Å². The summed E-state index contributed by atoms with van der Waals surface area (Å²) in [5.41, 5.74) is 1.44. The molecule has 0 saturated carbocycles. The number of hydrogen-bond donors (Lipinski definition) is 2. The highest BCUT2D eigenvalue weighted by molar-refractivity contribution is 6.03. The Balaban J connectivity index is 2.38. The second-order valence-electron chi connectivity index (χ2n) is 3.74. The van der Waals surface area contributed by atoms with Crippen LogP contribution in [0.1, 0.15) is 22.8 Å². The molecule has 2 rings (SSSR count). The van der Waals surface area contributed by atoms with E-state index in [1.807, 2.05) is 0 Å². The summed E-state index contributed by atoms with van der Waals surface area (Å²) in [5, 5.41) is 9.58. The summed E-state index contributed by atoms with van der Waals surface area (Å²) in [5.74, 6) is 3.37. The van der Waals surface area contributed by atoms with Gasteiger partial charge in [-0.15, -0.1) is 0 Å². The number of carbonyl (C=O) groups is 2. The zero-order valence-electron chi connectivity index (χ0n) is 10.2. The third-order valence-corrected chi connectivity index (χ3v) is 2.50. The van der Waals surface area contributed by atoms with Crippen molar-refractivity contribution in [3.63, 3.8) is 0 Å². The van der Waals surface area contributed by atoms with Crippen molar-refractivity contribution < 1.29 is 19.4 Å². The summed E-state index contributed by atoms with van der Waals surface area (Å²) in [6, 6.07) is 5.05. The largest absolute Gasteiger partial charge is 0.478 e. The lowest BCUT2D eigenvalue weighted by molar-refractivity contribution is -0.136. The van der Waals surface area contributed by atoms with Crippen molar-refractivity contribution in [2.24, 2.45) is 0 Å². The summed E-state index contributed by atoms with van der Waals surface area (Å²) in [6.07, 6.45) is 1.43. The highest BCUT2D eigenvalue weighted by atomic mass is 16.5. The Hall–Kier alpha value is -2.74. The Bertz CT molecular complexity index is 703. The van der Waals surface area contributed by atoms with Gasteiger partial charge in [-0.1, -0.05) is 5.92 Å². The van der Waals surface area contributed by atoms with Gasteiger partial charge in [0.05, 0.1) is 12.2 Å². The van der Waals surface area contributed by atoms with Gasteiger partial charge in [0.1, 0.15) is 0 Å². The smallest absolute Gasteiger partial charge is 0.384 e. The molecule has 0 aliphatic rings. The molecule has 0 unspecified atom stereocenters. The van der Waals surface area contributed by atoms with Gasteiger partial charge in [0.15, 0.2) is 0 Å². The number of nitrogens with one attached hydrogen (secondary N) is 1. The zero-order chi connectivity index (χ0) is 13.8. The van der Waals surface area contributed by atoms with Crippen LogP contribution in [0.25, 0.3) is 10.9 Å². The van der Waals surface area contributed by atoms with Crippen LogP contribution in [0.3, 0.4) is 0 Å². The lowest BCUT2D eigenvalue weighted by Crippen LogP contribution is -1.99. The Morgan fingerprint density at radius 3 is 2.89 bits per heavy atom. The molecule has 96 valence electrons. The maximum Gasteiger partial charge on any atom is 0.384 e. The molecule has 0 atom stereocenters. The molecule has 0 radical (unpaired) electrons. The van der Waals surface area contributed by atoms with E-state index in [0.717, 1.165) is 0 Å². The molecule has 2 N–H and O–H groups in total. The molecule has 0 saturated heterocycles. The van der Waals surface area contributed by atoms with E-state index in [2.05, 4.69) is 21.6 Å². The van der Waals surface area contributed by atoms with Crippen LogP contribution in [0, 0.1) is 11.8 Å². The van der Waals surface area contributed by atoms with Crippen LogP contribution < -0.4 is 0 Å². The van der Waals surface area contributed by atoms with Crippen LogP contribution in [0.5, 0.6) is 0 Å². The average molecular weight is 257 g/mol. The maximum atomic E-state index is 11.1. The lowest BCUT2D eigenvalue weighted by atomic mass is 10.1. The van der Waals surface area contributed by atoms with E-state index < -0.39 is 11.9 Å². The van der Waals surface area contributed by atoms with Crippen molar-refractivity contribution in [2.45, 2.75) is 6.92 Å². The lowest BCUT2D eigenvalue weighted by Gasteiger charge is -1.95. The molecule has 0 aliphatic heterocycles. The molecule has 0 amide bonds. The SMILES string of the molecule is CCOC(=O)C#Cc1ccc2[nH]cc(C(=O)O)c2c1. The quantitative estimate of drug-likeness (QED) is 0.635. The molecular weight excluding hydrogens is 246 g/mol. The predicted octanol–water partition coefficient (Wildman–Crippen LogP) is 1.78. The van der Waals surface area contributed by atoms with Gasteiger partial charge in [-0.3, -0.25) is 0 Å². The minimum Gasteiger partial charge on any atom is -0.478 e. The monoisotopic (exact) mass is 257 g/mol. The van der Waals surface area contributed by atoms with Crippen LogP contribution >= 0.6 is 0 Å². The highest BCUT2D eigenvalue weighted by Crippen LogP contribution is 2.19. The summed E-state index contributed by atoms with van der Waals surface area (Å²) >= 11 is 0. The van der Waals surface area contributed by atoms with Crippen molar-refractivity contribution in [1.82, 2.24) is 4.98 Å². The fourth-order valence-electron chi connectivity index (χ4n) is 1.67. The first-order valence-electron chi connectivity index (χ1n) is 5.65. The minimum atomic E-state index is -1.01. The van der Waals surface area contributed by atoms with E-state index in [-0.39, 0.29) is 12.2 Å². The summed E-state index contributed by atoms with van der Waals surface area (Å²) in [7, 11) is 0. The summed E-state index contributed by atoms with van der Waals surface area (Å²) in [6.45, 7) is 1.97. The van der Waals surface area contributed by atoms with Crippen LogP contribution in [-0.2, 0) is 9.53 Å². The number of aromatic nitrogens is 1. The molecule has 1 aromatic heterocycles. The number of carbonyl (C=O) groups excluding carboxylic acids is 1. The molecule has 2 aromatic rings. The topological polar surface area (TPSA) is 79.4 Å². The molecule has 0 spiro atoms. The fraction of sp³-hybridized carbons (Fsp3) is 0.143. The molecule has 19 heavy (non-hydrogen) atoms. The van der Waals surface area contributed by atoms with Crippen molar-refractivity contribution in [1.29, 1.82) is 0 Å². The van der Waals surface area contributed by atoms with Gasteiger partial charge in [-0.25, -0.2) is 9.59 Å². The Morgan fingerprint density at radius 1 is 1.42 bits per heavy atom. The second-order valence-corrected chi connectivity index (χ2v) is 3.74. The number of carboxylic acid groups (broad SMARTS) is 1. The van der Waals surface area contributed by atoms with Gasteiger partial charge in [0.2, 0.25) is 0 Å². The number of carboxylic acids is 1. The van der Waals surface area contributed by atoms with Gasteiger partial charge in [0, 0.05) is 28.6 Å². The Labute approximate surface area is 109 Å². The predicted molar refractivity (Wildman–Crippen MR) is 68.8 cm³/mol. The number of rotatable bonds is 2.